The molecule has 0 unspecified atom stereocenters. The molecule has 0 nitrogen and oxygen atoms in total. The Morgan fingerprint density at radius 2 is 0.543 bits per heavy atom. The second-order valence-electron chi connectivity index (χ2n) is 10.2. The second kappa shape index (κ2) is 30.9. The summed E-state index contributed by atoms with van der Waals surface area (Å²) in [5, 5.41) is 5.89. The van der Waals surface area contributed by atoms with Gasteiger partial charge in [0, 0.05) is 0 Å². The number of unbranched alkanes of at least 4 members (excludes halogenated alkanes) is 4. The Morgan fingerprint density at radius 1 is 0.348 bits per heavy atom. The van der Waals surface area contributed by atoms with Crippen LogP contribution < -0.4 is 21.2 Å². The van der Waals surface area contributed by atoms with Crippen LogP contribution in [-0.4, -0.2) is 12.3 Å². The van der Waals surface area contributed by atoms with Crippen LogP contribution in [0.4, 0.5) is 0 Å². The summed E-state index contributed by atoms with van der Waals surface area (Å²) >= 11 is 0. The Kier molecular flexibility index (Phi) is 30.0. The summed E-state index contributed by atoms with van der Waals surface area (Å²) in [6.45, 7) is 14.9. The van der Waals surface area contributed by atoms with Gasteiger partial charge in [0.05, 0.1) is 0 Å². The number of rotatable bonds is 15. The summed E-state index contributed by atoms with van der Waals surface area (Å²) in [4.78, 5) is 0. The predicted molar refractivity (Wildman–Crippen MR) is 205 cm³/mol. The Balaban J connectivity index is 0.000000941. The van der Waals surface area contributed by atoms with Crippen molar-refractivity contribution in [2.24, 2.45) is 0 Å². The van der Waals surface area contributed by atoms with Gasteiger partial charge in [-0.3, -0.25) is 0 Å². The average Bonchev–Trinajstić information content (AvgIpc) is 3.09. The molecule has 0 saturated carbocycles. The van der Waals surface area contributed by atoms with E-state index in [0.717, 1.165) is 51.4 Å². The molecule has 0 atom stereocenters. The SMILES string of the molecule is [CH2-]CC/C=C\CC[CH2-].[CH2-]CC/C=C\CC[CH2-].[Pt+2].[Pt+2].c1ccc(P(CCP(c2ccccc2)c2ccccc2)c2ccccc2)cc1. The van der Waals surface area contributed by atoms with Crippen LogP contribution in [0.5, 0.6) is 0 Å². The largest absolute Gasteiger partial charge is 2.00 e. The van der Waals surface area contributed by atoms with Gasteiger partial charge in [-0.15, -0.1) is 0 Å². The van der Waals surface area contributed by atoms with Gasteiger partial charge in [-0.05, 0) is 49.4 Å². The van der Waals surface area contributed by atoms with E-state index in [1.807, 2.05) is 0 Å². The molecular weight excluding hydrogens is 957 g/mol. The molecule has 0 bridgehead atoms. The maximum atomic E-state index is 3.72. The van der Waals surface area contributed by atoms with Crippen molar-refractivity contribution in [3.8, 4) is 0 Å². The van der Waals surface area contributed by atoms with Crippen LogP contribution in [0.3, 0.4) is 0 Å². The minimum atomic E-state index is -0.348. The minimum Gasteiger partial charge on any atom is -0.343 e. The van der Waals surface area contributed by atoms with Gasteiger partial charge in [0.25, 0.3) is 0 Å². The van der Waals surface area contributed by atoms with Crippen LogP contribution in [-0.2, 0) is 42.1 Å². The molecular formula is C42H52P2Pt2. The van der Waals surface area contributed by atoms with Gasteiger partial charge >= 0.3 is 42.1 Å². The molecule has 4 heteroatoms. The van der Waals surface area contributed by atoms with Crippen LogP contribution in [0.1, 0.15) is 51.4 Å². The number of hydrogen-bond donors (Lipinski definition) is 0. The number of hydrogen-bond acceptors (Lipinski definition) is 0. The summed E-state index contributed by atoms with van der Waals surface area (Å²) in [6.07, 6.45) is 19.5. The smallest absolute Gasteiger partial charge is 0.343 e. The van der Waals surface area contributed by atoms with E-state index in [1.54, 1.807) is 0 Å². The van der Waals surface area contributed by atoms with E-state index in [0.29, 0.717) is 0 Å². The van der Waals surface area contributed by atoms with E-state index in [2.05, 4.69) is 173 Å². The van der Waals surface area contributed by atoms with Crippen LogP contribution in [0.2, 0.25) is 0 Å². The monoisotopic (exact) mass is 1010 g/mol. The topological polar surface area (TPSA) is 0 Å². The van der Waals surface area contributed by atoms with E-state index in [4.69, 9.17) is 0 Å². The first-order valence-corrected chi connectivity index (χ1v) is 19.0. The molecule has 0 spiro atoms. The first-order chi connectivity index (χ1) is 21.7. The van der Waals surface area contributed by atoms with Gasteiger partial charge < -0.3 is 27.7 Å². The number of allylic oxidation sites excluding steroid dienone is 4. The summed E-state index contributed by atoms with van der Waals surface area (Å²) in [7, 11) is -0.696. The van der Waals surface area contributed by atoms with Gasteiger partial charge in [0.2, 0.25) is 0 Å². The molecule has 0 aliphatic rings. The quantitative estimate of drug-likeness (QED) is 0.0633. The summed E-state index contributed by atoms with van der Waals surface area (Å²) < 4.78 is 0. The first kappa shape index (κ1) is 44.6. The fourth-order valence-electron chi connectivity index (χ4n) is 4.39. The van der Waals surface area contributed by atoms with Crippen LogP contribution in [0.25, 0.3) is 0 Å². The van der Waals surface area contributed by atoms with Crippen LogP contribution in [0, 0.1) is 27.7 Å². The molecule has 0 aromatic heterocycles. The van der Waals surface area contributed by atoms with E-state index < -0.39 is 0 Å². The van der Waals surface area contributed by atoms with Crippen molar-refractivity contribution in [1.29, 1.82) is 0 Å². The Hall–Kier alpha value is -1.40. The zero-order valence-corrected chi connectivity index (χ0v) is 33.6. The Labute approximate surface area is 314 Å². The van der Waals surface area contributed by atoms with E-state index in [-0.39, 0.29) is 58.0 Å². The standard InChI is InChI=1S/C26H24P2.2C8H14.2Pt/c1-5-13-23(14-6-1)27(24-15-7-2-8-16-24)21-22-28(25-17-9-3-10-18-25)26-19-11-4-12-20-26;2*1-3-5-7-8-6-4-2;;/h1-20H,21-22H2;2*7-8H,1-6H2;;/q;2*-2;2*+2/b;2*8-7-;;. The molecule has 0 saturated heterocycles. The van der Waals surface area contributed by atoms with Gasteiger partial charge in [-0.25, -0.2) is 0 Å². The van der Waals surface area contributed by atoms with Crippen molar-refractivity contribution in [2.75, 3.05) is 12.3 Å². The molecule has 0 fully saturated rings. The van der Waals surface area contributed by atoms with Gasteiger partial charge in [0.15, 0.2) is 0 Å². The Morgan fingerprint density at radius 3 is 0.717 bits per heavy atom. The molecule has 4 rings (SSSR count). The third kappa shape index (κ3) is 19.4. The number of benzene rings is 4. The molecule has 0 amide bonds. The maximum absolute atomic E-state index is 3.72. The molecule has 0 radical (unpaired) electrons. The maximum Gasteiger partial charge on any atom is 2.00 e. The molecule has 0 N–H and O–H groups in total. The molecule has 0 heterocycles. The van der Waals surface area contributed by atoms with Gasteiger partial charge in [-0.2, -0.15) is 25.7 Å². The predicted octanol–water partition coefficient (Wildman–Crippen LogP) is 10.8. The molecule has 0 aliphatic heterocycles. The second-order valence-corrected chi connectivity index (χ2v) is 14.8. The van der Waals surface area contributed by atoms with Crippen molar-refractivity contribution >= 4 is 37.1 Å². The summed E-state index contributed by atoms with van der Waals surface area (Å²) in [5.74, 6) is 0. The van der Waals surface area contributed by atoms with E-state index in [1.165, 1.54) is 33.5 Å². The zero-order chi connectivity index (χ0) is 31.5. The Bertz CT molecular complexity index is 1050. The molecule has 250 valence electrons. The molecule has 0 aliphatic carbocycles. The molecule has 46 heavy (non-hydrogen) atoms. The fourth-order valence-corrected chi connectivity index (χ4v) is 9.75. The molecule has 4 aromatic rings. The van der Waals surface area contributed by atoms with E-state index >= 15 is 0 Å². The van der Waals surface area contributed by atoms with Crippen molar-refractivity contribution in [3.05, 3.63) is 173 Å². The van der Waals surface area contributed by atoms with Crippen LogP contribution >= 0.6 is 15.8 Å². The zero-order valence-electron chi connectivity index (χ0n) is 27.3. The fraction of sp³-hybridized carbons (Fsp3) is 0.238. The van der Waals surface area contributed by atoms with Crippen molar-refractivity contribution in [3.63, 3.8) is 0 Å². The van der Waals surface area contributed by atoms with Gasteiger partial charge in [-0.1, -0.05) is 171 Å². The first-order valence-electron chi connectivity index (χ1n) is 16.0. The van der Waals surface area contributed by atoms with Crippen molar-refractivity contribution in [2.45, 2.75) is 51.4 Å². The summed E-state index contributed by atoms with van der Waals surface area (Å²) in [5.41, 5.74) is 0. The van der Waals surface area contributed by atoms with Crippen LogP contribution in [0.15, 0.2) is 146 Å². The summed E-state index contributed by atoms with van der Waals surface area (Å²) in [6, 6.07) is 44.2. The third-order valence-electron chi connectivity index (χ3n) is 6.64. The normalized spacial score (nSPS) is 10.5. The minimum absolute atomic E-state index is 0. The van der Waals surface area contributed by atoms with Gasteiger partial charge in [0.1, 0.15) is 0 Å². The van der Waals surface area contributed by atoms with E-state index in [9.17, 15) is 0 Å². The average molecular weight is 1010 g/mol. The van der Waals surface area contributed by atoms with Crippen molar-refractivity contribution < 1.29 is 42.1 Å². The third-order valence-corrected chi connectivity index (χ3v) is 12.0. The van der Waals surface area contributed by atoms with Crippen molar-refractivity contribution in [1.82, 2.24) is 0 Å². The molecule has 4 aromatic carbocycles.